The van der Waals surface area contributed by atoms with E-state index in [0.29, 0.717) is 10.0 Å². The molecule has 2 aromatic rings. The Hall–Kier alpha value is -1.23. The van der Waals surface area contributed by atoms with Crippen LogP contribution in [-0.2, 0) is 0 Å². The van der Waals surface area contributed by atoms with Gasteiger partial charge in [0, 0.05) is 28.1 Å². The highest BCUT2D eigenvalue weighted by atomic mass is 35.5. The summed E-state index contributed by atoms with van der Waals surface area (Å²) in [6.45, 7) is 0.856. The molecule has 1 fully saturated rings. The third kappa shape index (κ3) is 2.92. The van der Waals surface area contributed by atoms with E-state index in [0.717, 1.165) is 30.7 Å². The minimum absolute atomic E-state index is 0.158. The molecule has 0 radical (unpaired) electrons. The zero-order valence-electron chi connectivity index (χ0n) is 10.7. The summed E-state index contributed by atoms with van der Waals surface area (Å²) in [7, 11) is 0. The summed E-state index contributed by atoms with van der Waals surface area (Å²) in [5, 5.41) is 7.05. The molecule has 106 valence electrons. The van der Waals surface area contributed by atoms with Gasteiger partial charge in [0.25, 0.3) is 5.56 Å². The maximum absolute atomic E-state index is 11.2. The number of piperidine rings is 1. The lowest BCUT2D eigenvalue weighted by molar-refractivity contribution is 0.295. The quantitative estimate of drug-likeness (QED) is 0.892. The minimum Gasteiger partial charge on any atom is -0.383 e. The maximum atomic E-state index is 11.2. The van der Waals surface area contributed by atoms with Gasteiger partial charge in [0.15, 0.2) is 0 Å². The number of aromatic nitrogens is 1. The number of H-pyrrole nitrogens is 1. The van der Waals surface area contributed by atoms with Gasteiger partial charge < -0.3 is 9.84 Å². The van der Waals surface area contributed by atoms with Gasteiger partial charge in [-0.1, -0.05) is 23.2 Å². The predicted molar refractivity (Wildman–Crippen MR) is 78.5 cm³/mol. The molecule has 0 unspecified atom stereocenters. The van der Waals surface area contributed by atoms with E-state index in [1.165, 1.54) is 6.07 Å². The number of rotatable bonds is 2. The van der Waals surface area contributed by atoms with Crippen LogP contribution in [-0.4, -0.2) is 11.7 Å². The first-order valence-electron chi connectivity index (χ1n) is 6.49. The van der Waals surface area contributed by atoms with Crippen LogP contribution in [0.1, 0.15) is 36.1 Å². The molecule has 0 amide bonds. The second kappa shape index (κ2) is 5.64. The molecule has 6 heteroatoms. The Morgan fingerprint density at radius 3 is 2.55 bits per heavy atom. The van der Waals surface area contributed by atoms with Crippen molar-refractivity contribution in [3.05, 3.63) is 56.0 Å². The van der Waals surface area contributed by atoms with E-state index >= 15 is 0 Å². The molecule has 1 aliphatic rings. The van der Waals surface area contributed by atoms with Crippen molar-refractivity contribution in [3.8, 4) is 0 Å². The van der Waals surface area contributed by atoms with Crippen molar-refractivity contribution in [3.63, 3.8) is 0 Å². The summed E-state index contributed by atoms with van der Waals surface area (Å²) in [5.41, 5.74) is 0.867. The summed E-state index contributed by atoms with van der Waals surface area (Å²) in [5.74, 6) is 0.938. The van der Waals surface area contributed by atoms with Crippen LogP contribution in [0, 0.1) is 0 Å². The van der Waals surface area contributed by atoms with E-state index in [9.17, 15) is 4.79 Å². The van der Waals surface area contributed by atoms with Gasteiger partial charge in [-0.05, 0) is 43.1 Å². The van der Waals surface area contributed by atoms with Crippen molar-refractivity contribution < 1.29 is 4.52 Å². The van der Waals surface area contributed by atoms with Crippen LogP contribution in [0.2, 0.25) is 10.0 Å². The largest absolute Gasteiger partial charge is 0.383 e. The van der Waals surface area contributed by atoms with Gasteiger partial charge in [0.2, 0.25) is 0 Å². The Balaban J connectivity index is 1.82. The molecule has 0 aliphatic carbocycles. The summed E-state index contributed by atoms with van der Waals surface area (Å²) >= 11 is 12.1. The van der Waals surface area contributed by atoms with E-state index in [4.69, 9.17) is 27.7 Å². The van der Waals surface area contributed by atoms with Gasteiger partial charge in [-0.25, -0.2) is 0 Å². The van der Waals surface area contributed by atoms with Gasteiger partial charge in [0.05, 0.1) is 0 Å². The van der Waals surface area contributed by atoms with Crippen molar-refractivity contribution in [2.75, 3.05) is 6.54 Å². The Kier molecular flexibility index (Phi) is 3.87. The monoisotopic (exact) mass is 312 g/mol. The molecule has 4 nitrogen and oxygen atoms in total. The molecule has 0 bridgehead atoms. The van der Waals surface area contributed by atoms with Crippen LogP contribution in [0.15, 0.2) is 33.6 Å². The Bertz CT molecular complexity index is 645. The molecule has 3 rings (SSSR count). The molecule has 1 aromatic heterocycles. The highest BCUT2D eigenvalue weighted by molar-refractivity contribution is 6.34. The fraction of sp³-hybridized carbons (Fsp3) is 0.357. The highest BCUT2D eigenvalue weighted by Crippen LogP contribution is 2.35. The summed E-state index contributed by atoms with van der Waals surface area (Å²) in [4.78, 5) is 11.2. The van der Waals surface area contributed by atoms with Gasteiger partial charge in [-0.3, -0.25) is 4.79 Å². The summed E-state index contributed by atoms with van der Waals surface area (Å²) in [6.07, 6.45) is 1.78. The van der Waals surface area contributed by atoms with Crippen LogP contribution < -0.4 is 10.9 Å². The van der Waals surface area contributed by atoms with Crippen molar-refractivity contribution in [1.29, 1.82) is 0 Å². The first kappa shape index (κ1) is 13.7. The average Bonchev–Trinajstić information content (AvgIpc) is 2.85. The van der Waals surface area contributed by atoms with Gasteiger partial charge in [-0.2, -0.15) is 5.16 Å². The fourth-order valence-corrected chi connectivity index (χ4v) is 3.25. The smallest absolute Gasteiger partial charge is 0.280 e. The lowest BCUT2D eigenvalue weighted by Gasteiger charge is -2.29. The van der Waals surface area contributed by atoms with Crippen molar-refractivity contribution in [2.24, 2.45) is 0 Å². The standard InChI is InChI=1S/C14H14Cl2N2O2/c15-10-3-9(4-11(16)6-10)12-5-8(1-2-17-12)13-7-14(19)18-20-13/h3-4,6-8,12,17H,1-2,5H2,(H,18,19)/t8-,12-/m0/s1. The number of benzene rings is 1. The van der Waals surface area contributed by atoms with Crippen LogP contribution >= 0.6 is 23.2 Å². The predicted octanol–water partition coefficient (Wildman–Crippen LogP) is 3.48. The van der Waals surface area contributed by atoms with Crippen molar-refractivity contribution in [1.82, 2.24) is 10.5 Å². The maximum Gasteiger partial charge on any atom is 0.280 e. The molecule has 0 spiro atoms. The Morgan fingerprint density at radius 1 is 1.15 bits per heavy atom. The molecule has 0 saturated carbocycles. The van der Waals surface area contributed by atoms with Crippen LogP contribution in [0.3, 0.4) is 0 Å². The molecule has 1 aromatic carbocycles. The first-order valence-corrected chi connectivity index (χ1v) is 7.25. The van der Waals surface area contributed by atoms with Crippen LogP contribution in [0.5, 0.6) is 0 Å². The van der Waals surface area contributed by atoms with Crippen LogP contribution in [0.25, 0.3) is 0 Å². The lowest BCUT2D eigenvalue weighted by Crippen LogP contribution is -2.30. The fourth-order valence-electron chi connectivity index (χ4n) is 2.70. The zero-order valence-corrected chi connectivity index (χ0v) is 12.2. The first-order chi connectivity index (χ1) is 9.61. The van der Waals surface area contributed by atoms with Gasteiger partial charge in [-0.15, -0.1) is 0 Å². The van der Waals surface area contributed by atoms with E-state index in [2.05, 4.69) is 10.5 Å². The minimum atomic E-state index is -0.194. The molecule has 1 aliphatic heterocycles. The molecular formula is C14H14Cl2N2O2. The molecule has 2 atom stereocenters. The number of nitrogens with one attached hydrogen (secondary N) is 2. The van der Waals surface area contributed by atoms with Gasteiger partial charge >= 0.3 is 0 Å². The van der Waals surface area contributed by atoms with E-state index in [1.54, 1.807) is 6.07 Å². The van der Waals surface area contributed by atoms with E-state index in [1.807, 2.05) is 12.1 Å². The second-order valence-electron chi connectivity index (χ2n) is 5.05. The molecule has 20 heavy (non-hydrogen) atoms. The molecule has 1 saturated heterocycles. The topological polar surface area (TPSA) is 58.0 Å². The molecule has 2 heterocycles. The summed E-state index contributed by atoms with van der Waals surface area (Å²) in [6, 6.07) is 7.24. The third-order valence-electron chi connectivity index (χ3n) is 3.64. The van der Waals surface area contributed by atoms with Crippen molar-refractivity contribution >= 4 is 23.2 Å². The molecular weight excluding hydrogens is 299 g/mol. The zero-order chi connectivity index (χ0) is 14.1. The van der Waals surface area contributed by atoms with E-state index < -0.39 is 0 Å². The third-order valence-corrected chi connectivity index (χ3v) is 4.07. The average molecular weight is 313 g/mol. The second-order valence-corrected chi connectivity index (χ2v) is 5.92. The lowest BCUT2D eigenvalue weighted by atomic mass is 9.87. The normalized spacial score (nSPS) is 22.9. The van der Waals surface area contributed by atoms with Crippen LogP contribution in [0.4, 0.5) is 0 Å². The van der Waals surface area contributed by atoms with Crippen molar-refractivity contribution in [2.45, 2.75) is 24.8 Å². The van der Waals surface area contributed by atoms with E-state index in [-0.39, 0.29) is 17.5 Å². The number of halogens is 2. The Morgan fingerprint density at radius 2 is 1.90 bits per heavy atom. The number of hydrogen-bond acceptors (Lipinski definition) is 3. The van der Waals surface area contributed by atoms with Gasteiger partial charge in [0.1, 0.15) is 5.76 Å². The number of hydrogen-bond donors (Lipinski definition) is 2. The molecule has 2 N–H and O–H groups in total. The highest BCUT2D eigenvalue weighted by Gasteiger charge is 2.26. The Labute approximate surface area is 126 Å². The number of aromatic amines is 1. The summed E-state index contributed by atoms with van der Waals surface area (Å²) < 4.78 is 5.22. The SMILES string of the molecule is O=c1cc([C@H]2CCN[C@H](c3cc(Cl)cc(Cl)c3)C2)o[nH]1.